The molecule has 0 aliphatic heterocycles. The third kappa shape index (κ3) is 5.28. The molecule has 0 amide bonds. The van der Waals surface area contributed by atoms with Gasteiger partial charge in [-0.05, 0) is 18.2 Å². The number of aliphatic carboxylic acids is 1. The first kappa shape index (κ1) is 17.3. The van der Waals surface area contributed by atoms with E-state index in [0.717, 1.165) is 0 Å². The molecule has 0 bridgehead atoms. The number of carboxylic acids is 1. The lowest BCUT2D eigenvalue weighted by molar-refractivity contribution is -0.136. The summed E-state index contributed by atoms with van der Waals surface area (Å²) in [6.45, 7) is 1.51. The van der Waals surface area contributed by atoms with E-state index in [-0.39, 0.29) is 28.4 Å². The summed E-state index contributed by atoms with van der Waals surface area (Å²) in [5.41, 5.74) is 0.233. The number of nitrogens with zero attached hydrogens (tertiary/aromatic N) is 1. The largest absolute Gasteiger partial charge is 0.481 e. The van der Waals surface area contributed by atoms with Gasteiger partial charge in [0.2, 0.25) is 0 Å². The highest BCUT2D eigenvalue weighted by atomic mass is 32.2. The maximum Gasteiger partial charge on any atom is 0.304 e. The summed E-state index contributed by atoms with van der Waals surface area (Å²) < 4.78 is 36.0. The number of hydrogen-bond acceptors (Lipinski definition) is 5. The summed E-state index contributed by atoms with van der Waals surface area (Å²) in [4.78, 5) is 10.5. The Bertz CT molecular complexity index is 691. The molecule has 0 radical (unpaired) electrons. The third-order valence-corrected chi connectivity index (χ3v) is 6.43. The first-order chi connectivity index (χ1) is 9.76. The van der Waals surface area contributed by atoms with Crippen LogP contribution in [0.15, 0.2) is 29.2 Å². The van der Waals surface area contributed by atoms with Crippen molar-refractivity contribution in [1.82, 2.24) is 0 Å². The predicted molar refractivity (Wildman–Crippen MR) is 77.9 cm³/mol. The van der Waals surface area contributed by atoms with Crippen molar-refractivity contribution in [2.45, 2.75) is 23.5 Å². The average Bonchev–Trinajstić information content (AvgIpc) is 2.44. The van der Waals surface area contributed by atoms with Gasteiger partial charge in [-0.2, -0.15) is 5.26 Å². The fourth-order valence-electron chi connectivity index (χ4n) is 1.61. The molecule has 2 atom stereocenters. The van der Waals surface area contributed by atoms with Crippen molar-refractivity contribution in [3.63, 3.8) is 0 Å². The summed E-state index contributed by atoms with van der Waals surface area (Å²) in [6, 6.07) is 7.45. The van der Waals surface area contributed by atoms with Crippen LogP contribution in [0.1, 0.15) is 18.9 Å². The fourth-order valence-corrected chi connectivity index (χ4v) is 4.70. The normalized spacial score (nSPS) is 14.1. The summed E-state index contributed by atoms with van der Waals surface area (Å²) in [5, 5.41) is 16.8. The summed E-state index contributed by atoms with van der Waals surface area (Å²) in [7, 11) is -5.18. The van der Waals surface area contributed by atoms with E-state index in [1.807, 2.05) is 6.07 Å². The Morgan fingerprint density at radius 3 is 2.71 bits per heavy atom. The van der Waals surface area contributed by atoms with Gasteiger partial charge in [-0.1, -0.05) is 13.0 Å². The van der Waals surface area contributed by atoms with Crippen LogP contribution in [0.2, 0.25) is 0 Å². The molecule has 6 nitrogen and oxygen atoms in total. The molecule has 21 heavy (non-hydrogen) atoms. The molecule has 0 fully saturated rings. The molecule has 0 spiro atoms. The number of sulfone groups is 1. The molecule has 8 heteroatoms. The van der Waals surface area contributed by atoms with Gasteiger partial charge in [0.25, 0.3) is 0 Å². The molecule has 0 heterocycles. The van der Waals surface area contributed by atoms with E-state index in [0.29, 0.717) is 0 Å². The number of benzene rings is 1. The van der Waals surface area contributed by atoms with Gasteiger partial charge in [0.15, 0.2) is 9.84 Å². The Morgan fingerprint density at radius 2 is 2.14 bits per heavy atom. The van der Waals surface area contributed by atoms with Gasteiger partial charge in [0.05, 0.1) is 28.7 Å². The van der Waals surface area contributed by atoms with Crippen LogP contribution >= 0.6 is 0 Å². The van der Waals surface area contributed by atoms with Crippen molar-refractivity contribution >= 4 is 26.6 Å². The van der Waals surface area contributed by atoms with Crippen molar-refractivity contribution in [3.8, 4) is 6.07 Å². The molecule has 2 unspecified atom stereocenters. The van der Waals surface area contributed by atoms with Crippen molar-refractivity contribution in [1.29, 1.82) is 5.26 Å². The molecule has 0 aromatic heterocycles. The van der Waals surface area contributed by atoms with Crippen LogP contribution in [0, 0.1) is 11.3 Å². The van der Waals surface area contributed by atoms with E-state index < -0.39 is 31.9 Å². The van der Waals surface area contributed by atoms with Gasteiger partial charge in [-0.3, -0.25) is 9.00 Å². The number of nitriles is 1. The van der Waals surface area contributed by atoms with Crippen LogP contribution in [0.25, 0.3) is 0 Å². The Morgan fingerprint density at radius 1 is 1.48 bits per heavy atom. The number of rotatable bonds is 7. The Kier molecular flexibility index (Phi) is 6.05. The first-order valence-corrected chi connectivity index (χ1v) is 9.11. The fraction of sp³-hybridized carbons (Fsp3) is 0.385. The van der Waals surface area contributed by atoms with Crippen molar-refractivity contribution in [2.24, 2.45) is 0 Å². The number of hydrogen-bond donors (Lipinski definition) is 1. The van der Waals surface area contributed by atoms with Crippen molar-refractivity contribution < 1.29 is 22.5 Å². The summed E-state index contributed by atoms with van der Waals surface area (Å²) in [6.07, 6.45) is -0.267. The van der Waals surface area contributed by atoms with Crippen LogP contribution in [-0.2, 0) is 25.4 Å². The van der Waals surface area contributed by atoms with E-state index in [1.165, 1.54) is 31.2 Å². The van der Waals surface area contributed by atoms with Crippen molar-refractivity contribution in [2.75, 3.05) is 11.5 Å². The second-order valence-corrected chi connectivity index (χ2v) is 8.54. The minimum Gasteiger partial charge on any atom is -0.481 e. The quantitative estimate of drug-likeness (QED) is 0.797. The molecular formula is C13H15NO5S2. The Balaban J connectivity index is 2.75. The maximum atomic E-state index is 12.1. The lowest BCUT2D eigenvalue weighted by atomic mass is 10.2. The average molecular weight is 329 g/mol. The lowest BCUT2D eigenvalue weighted by Crippen LogP contribution is -2.22. The minimum atomic E-state index is -3.64. The smallest absolute Gasteiger partial charge is 0.304 e. The highest BCUT2D eigenvalue weighted by Crippen LogP contribution is 2.14. The Hall–Kier alpha value is -1.72. The van der Waals surface area contributed by atoms with E-state index in [2.05, 4.69) is 0 Å². The first-order valence-electron chi connectivity index (χ1n) is 6.08. The molecule has 0 aliphatic rings. The zero-order valence-corrected chi connectivity index (χ0v) is 13.0. The van der Waals surface area contributed by atoms with Crippen LogP contribution in [-0.4, -0.2) is 40.5 Å². The molecule has 1 rings (SSSR count). The molecule has 1 N–H and O–H groups in total. The lowest BCUT2D eigenvalue weighted by Gasteiger charge is -2.09. The molecule has 1 aromatic carbocycles. The monoisotopic (exact) mass is 329 g/mol. The minimum absolute atomic E-state index is 0.00411. The highest BCUT2D eigenvalue weighted by molar-refractivity contribution is 7.93. The molecule has 0 saturated heterocycles. The molecule has 114 valence electrons. The number of carbonyl (C=O) groups is 1. The highest BCUT2D eigenvalue weighted by Gasteiger charge is 2.20. The van der Waals surface area contributed by atoms with E-state index in [4.69, 9.17) is 10.4 Å². The van der Waals surface area contributed by atoms with Crippen LogP contribution in [0.5, 0.6) is 0 Å². The molecular weight excluding hydrogens is 314 g/mol. The van der Waals surface area contributed by atoms with Crippen LogP contribution < -0.4 is 0 Å². The van der Waals surface area contributed by atoms with E-state index in [1.54, 1.807) is 0 Å². The van der Waals surface area contributed by atoms with Gasteiger partial charge in [0, 0.05) is 21.8 Å². The second kappa shape index (κ2) is 7.33. The van der Waals surface area contributed by atoms with Gasteiger partial charge in [-0.15, -0.1) is 0 Å². The third-order valence-electron chi connectivity index (χ3n) is 2.79. The van der Waals surface area contributed by atoms with E-state index >= 15 is 0 Å². The molecule has 1 aromatic rings. The van der Waals surface area contributed by atoms with E-state index in [9.17, 15) is 17.4 Å². The predicted octanol–water partition coefficient (Wildman–Crippen LogP) is 0.944. The SMILES string of the molecule is CC(CC(=O)O)S(=O)CCS(=O)(=O)c1cccc(C#N)c1. The molecule has 0 aliphatic carbocycles. The van der Waals surface area contributed by atoms with Gasteiger partial charge in [-0.25, -0.2) is 8.42 Å². The topological polar surface area (TPSA) is 112 Å². The van der Waals surface area contributed by atoms with Crippen LogP contribution in [0.3, 0.4) is 0 Å². The van der Waals surface area contributed by atoms with Gasteiger partial charge >= 0.3 is 5.97 Å². The summed E-state index contributed by atoms with van der Waals surface area (Å²) >= 11 is 0. The van der Waals surface area contributed by atoms with Crippen LogP contribution in [0.4, 0.5) is 0 Å². The zero-order valence-electron chi connectivity index (χ0n) is 11.4. The molecule has 0 saturated carbocycles. The number of carboxylic acid groups (broad SMARTS) is 1. The van der Waals surface area contributed by atoms with Gasteiger partial charge in [0.1, 0.15) is 0 Å². The van der Waals surface area contributed by atoms with Gasteiger partial charge < -0.3 is 5.11 Å². The second-order valence-electron chi connectivity index (χ2n) is 4.45. The van der Waals surface area contributed by atoms with Crippen molar-refractivity contribution in [3.05, 3.63) is 29.8 Å². The summed E-state index contributed by atoms with van der Waals surface area (Å²) in [5.74, 6) is -1.55. The maximum absolute atomic E-state index is 12.1. The standard InChI is InChI=1S/C13H15NO5S2/c1-10(7-13(15)16)20(17)5-6-21(18,19)12-4-2-3-11(8-12)9-14/h2-4,8,10H,5-7H2,1H3,(H,15,16). The Labute approximate surface area is 125 Å². The zero-order chi connectivity index (χ0) is 16.0.